The van der Waals surface area contributed by atoms with E-state index in [0.29, 0.717) is 0 Å². The lowest BCUT2D eigenvalue weighted by atomic mass is 10.1. The Morgan fingerprint density at radius 2 is 2.16 bits per heavy atom. The van der Waals surface area contributed by atoms with E-state index in [4.69, 9.17) is 0 Å². The summed E-state index contributed by atoms with van der Waals surface area (Å²) in [6.45, 7) is 3.47. The van der Waals surface area contributed by atoms with Crippen LogP contribution in [0.15, 0.2) is 45.7 Å². The molecule has 0 unspecified atom stereocenters. The molecule has 2 aromatic rings. The molecule has 0 fully saturated rings. The monoisotopic (exact) mass is 270 g/mol. The van der Waals surface area contributed by atoms with E-state index in [-0.39, 0.29) is 5.56 Å². The highest BCUT2D eigenvalue weighted by Crippen LogP contribution is 2.06. The van der Waals surface area contributed by atoms with Crippen LogP contribution in [0.25, 0.3) is 12.2 Å². The number of thiazole rings is 1. The maximum atomic E-state index is 12.1. The lowest BCUT2D eigenvalue weighted by molar-refractivity contribution is 0.740. The summed E-state index contributed by atoms with van der Waals surface area (Å²) in [4.78, 5) is 17.3. The summed E-state index contributed by atoms with van der Waals surface area (Å²) < 4.78 is 2.52. The van der Waals surface area contributed by atoms with Crippen molar-refractivity contribution in [1.29, 1.82) is 0 Å². The minimum absolute atomic E-state index is 0.0852. The Kier molecular flexibility index (Phi) is 3.17. The Bertz CT molecular complexity index is 797. The van der Waals surface area contributed by atoms with Crippen molar-refractivity contribution in [3.05, 3.63) is 61.2 Å². The first kappa shape index (κ1) is 12.1. The van der Waals surface area contributed by atoms with Crippen molar-refractivity contribution in [1.82, 2.24) is 4.57 Å². The molecule has 0 amide bonds. The standard InChI is InChI=1S/C15H14N2OS/c1-11(9-12-5-3-2-4-6-12)10-13-14(18)17-8-7-16-15(17)19-13/h2-6,9-10H,7-8H2,1H3. The quantitative estimate of drug-likeness (QED) is 0.813. The average molecular weight is 270 g/mol. The van der Waals surface area contributed by atoms with Crippen LogP contribution < -0.4 is 14.9 Å². The molecule has 1 aliphatic heterocycles. The Labute approximate surface area is 114 Å². The average Bonchev–Trinajstić information content (AvgIpc) is 2.96. The highest BCUT2D eigenvalue weighted by molar-refractivity contribution is 7.07. The lowest BCUT2D eigenvalue weighted by Gasteiger charge is -1.93. The van der Waals surface area contributed by atoms with E-state index < -0.39 is 0 Å². The molecule has 0 bridgehead atoms. The van der Waals surface area contributed by atoms with Crippen LogP contribution >= 0.6 is 11.3 Å². The summed E-state index contributed by atoms with van der Waals surface area (Å²) in [6.07, 6.45) is 4.02. The molecule has 96 valence electrons. The van der Waals surface area contributed by atoms with E-state index >= 15 is 0 Å². The van der Waals surface area contributed by atoms with Gasteiger partial charge in [0.15, 0.2) is 4.80 Å². The zero-order valence-electron chi connectivity index (χ0n) is 10.7. The number of hydrogen-bond donors (Lipinski definition) is 0. The zero-order chi connectivity index (χ0) is 13.2. The van der Waals surface area contributed by atoms with E-state index in [9.17, 15) is 4.79 Å². The van der Waals surface area contributed by atoms with Crippen LogP contribution in [0.2, 0.25) is 0 Å². The SMILES string of the molecule is CC(=Cc1ccccc1)C=c1sc2n(c1=O)CCN=2. The fraction of sp³-hybridized carbons (Fsp3) is 0.200. The Balaban J connectivity index is 2.03. The third-order valence-electron chi connectivity index (χ3n) is 3.01. The first-order chi connectivity index (χ1) is 9.24. The third-order valence-corrected chi connectivity index (χ3v) is 4.06. The van der Waals surface area contributed by atoms with Gasteiger partial charge in [0.2, 0.25) is 0 Å². The molecule has 1 aromatic heterocycles. The van der Waals surface area contributed by atoms with Crippen LogP contribution in [0.4, 0.5) is 0 Å². The molecule has 19 heavy (non-hydrogen) atoms. The molecular formula is C15H14N2OS. The highest BCUT2D eigenvalue weighted by atomic mass is 32.1. The molecule has 0 radical (unpaired) electrons. The van der Waals surface area contributed by atoms with Crippen LogP contribution in [0.5, 0.6) is 0 Å². The van der Waals surface area contributed by atoms with Crippen molar-refractivity contribution in [3.63, 3.8) is 0 Å². The molecule has 0 saturated carbocycles. The summed E-state index contributed by atoms with van der Waals surface area (Å²) in [5.74, 6) is 0. The zero-order valence-corrected chi connectivity index (χ0v) is 11.5. The largest absolute Gasteiger partial charge is 0.282 e. The highest BCUT2D eigenvalue weighted by Gasteiger charge is 2.09. The minimum Gasteiger partial charge on any atom is -0.282 e. The number of benzene rings is 1. The molecular weight excluding hydrogens is 256 g/mol. The summed E-state index contributed by atoms with van der Waals surface area (Å²) in [7, 11) is 0. The molecule has 3 rings (SSSR count). The van der Waals surface area contributed by atoms with Crippen molar-refractivity contribution < 1.29 is 0 Å². The lowest BCUT2D eigenvalue weighted by Crippen LogP contribution is -2.29. The maximum Gasteiger partial charge on any atom is 0.270 e. The Morgan fingerprint density at radius 3 is 2.89 bits per heavy atom. The molecule has 1 aromatic carbocycles. The third kappa shape index (κ3) is 2.44. The van der Waals surface area contributed by atoms with Gasteiger partial charge < -0.3 is 0 Å². The molecule has 2 heterocycles. The summed E-state index contributed by atoms with van der Waals surface area (Å²) in [5.41, 5.74) is 2.30. The summed E-state index contributed by atoms with van der Waals surface area (Å²) >= 11 is 1.47. The van der Waals surface area contributed by atoms with E-state index in [1.807, 2.05) is 43.3 Å². The van der Waals surface area contributed by atoms with Crippen LogP contribution in [0.1, 0.15) is 12.5 Å². The van der Waals surface area contributed by atoms with Gasteiger partial charge in [-0.15, -0.1) is 0 Å². The van der Waals surface area contributed by atoms with E-state index in [1.54, 1.807) is 4.57 Å². The molecule has 0 N–H and O–H groups in total. The molecule has 0 aliphatic carbocycles. The maximum absolute atomic E-state index is 12.1. The van der Waals surface area contributed by atoms with Crippen LogP contribution in [0.3, 0.4) is 0 Å². The molecule has 4 heteroatoms. The first-order valence-corrected chi connectivity index (χ1v) is 7.05. The second-order valence-electron chi connectivity index (χ2n) is 4.53. The van der Waals surface area contributed by atoms with Gasteiger partial charge in [-0.3, -0.25) is 14.4 Å². The van der Waals surface area contributed by atoms with Gasteiger partial charge in [0, 0.05) is 6.54 Å². The second-order valence-corrected chi connectivity index (χ2v) is 5.54. The van der Waals surface area contributed by atoms with Gasteiger partial charge >= 0.3 is 0 Å². The first-order valence-electron chi connectivity index (χ1n) is 6.23. The summed E-state index contributed by atoms with van der Waals surface area (Å²) in [6, 6.07) is 10.1. The van der Waals surface area contributed by atoms with Crippen LogP contribution in [-0.4, -0.2) is 11.1 Å². The van der Waals surface area contributed by atoms with Crippen LogP contribution in [0, 0.1) is 0 Å². The van der Waals surface area contributed by atoms with Gasteiger partial charge in [-0.1, -0.05) is 47.7 Å². The van der Waals surface area contributed by atoms with Gasteiger partial charge in [0.1, 0.15) is 0 Å². The topological polar surface area (TPSA) is 34.4 Å². The van der Waals surface area contributed by atoms with Gasteiger partial charge in [-0.25, -0.2) is 0 Å². The van der Waals surface area contributed by atoms with Crippen molar-refractivity contribution in [2.75, 3.05) is 6.54 Å². The van der Waals surface area contributed by atoms with E-state index in [2.05, 4.69) is 11.1 Å². The fourth-order valence-electron chi connectivity index (χ4n) is 2.13. The number of nitrogens with zero attached hydrogens (tertiary/aromatic N) is 2. The molecule has 0 atom stereocenters. The summed E-state index contributed by atoms with van der Waals surface area (Å²) in [5, 5.41) is 0. The number of fused-ring (bicyclic) bond motifs is 1. The molecule has 1 aliphatic rings. The Hall–Kier alpha value is -1.94. The van der Waals surface area contributed by atoms with Gasteiger partial charge in [-0.2, -0.15) is 0 Å². The second kappa shape index (κ2) is 4.97. The minimum atomic E-state index is 0.0852. The molecule has 0 spiro atoms. The predicted octanol–water partition coefficient (Wildman–Crippen LogP) is 1.43. The number of allylic oxidation sites excluding steroid dienone is 1. The van der Waals surface area contributed by atoms with Gasteiger partial charge in [0.25, 0.3) is 5.56 Å². The van der Waals surface area contributed by atoms with Crippen molar-refractivity contribution in [2.45, 2.75) is 13.5 Å². The van der Waals surface area contributed by atoms with Crippen molar-refractivity contribution in [3.8, 4) is 0 Å². The van der Waals surface area contributed by atoms with Crippen molar-refractivity contribution in [2.24, 2.45) is 4.99 Å². The Morgan fingerprint density at radius 1 is 1.37 bits per heavy atom. The fourth-order valence-corrected chi connectivity index (χ4v) is 3.21. The smallest absolute Gasteiger partial charge is 0.270 e. The molecule has 0 saturated heterocycles. The van der Waals surface area contributed by atoms with Gasteiger partial charge in [0.05, 0.1) is 11.1 Å². The van der Waals surface area contributed by atoms with Crippen molar-refractivity contribution >= 4 is 23.5 Å². The number of rotatable bonds is 2. The predicted molar refractivity (Wildman–Crippen MR) is 78.8 cm³/mol. The number of hydrogen-bond acceptors (Lipinski definition) is 3. The molecule has 3 nitrogen and oxygen atoms in total. The van der Waals surface area contributed by atoms with E-state index in [1.165, 1.54) is 11.3 Å². The van der Waals surface area contributed by atoms with Gasteiger partial charge in [-0.05, 0) is 24.1 Å². The van der Waals surface area contributed by atoms with E-state index in [0.717, 1.165) is 33.6 Å². The van der Waals surface area contributed by atoms with Crippen LogP contribution in [-0.2, 0) is 6.54 Å². The number of aromatic nitrogens is 1. The normalized spacial score (nSPS) is 15.4.